The summed E-state index contributed by atoms with van der Waals surface area (Å²) in [5.74, 6) is 1.35. The molecule has 0 bridgehead atoms. The minimum absolute atomic E-state index is 0.158. The minimum Gasteiger partial charge on any atom is -0.480 e. The summed E-state index contributed by atoms with van der Waals surface area (Å²) in [5.41, 5.74) is 3.02. The molecule has 27 heavy (non-hydrogen) atoms. The standard InChI is InChI=1S/C21H23N3O3/c1-4-17(26-18-8-6-5-7-15(18)3)21(25)22-13-19-23-20(24-27-19)16-11-9-14(2)10-12-16/h5-12,17H,4,13H2,1-3H3,(H,22,25)/t17-/m0/s1. The molecule has 0 fully saturated rings. The van der Waals surface area contributed by atoms with Gasteiger partial charge in [0.25, 0.3) is 5.91 Å². The van der Waals surface area contributed by atoms with E-state index in [0.29, 0.717) is 23.9 Å². The highest BCUT2D eigenvalue weighted by molar-refractivity contribution is 5.81. The van der Waals surface area contributed by atoms with Gasteiger partial charge in [-0.25, -0.2) is 0 Å². The van der Waals surface area contributed by atoms with Crippen LogP contribution < -0.4 is 10.1 Å². The summed E-state index contributed by atoms with van der Waals surface area (Å²) in [6, 6.07) is 15.5. The second kappa shape index (κ2) is 8.49. The Morgan fingerprint density at radius 2 is 1.89 bits per heavy atom. The van der Waals surface area contributed by atoms with Crippen molar-refractivity contribution >= 4 is 5.91 Å². The van der Waals surface area contributed by atoms with Crippen molar-refractivity contribution in [2.45, 2.75) is 39.8 Å². The first-order valence-corrected chi connectivity index (χ1v) is 8.96. The third kappa shape index (κ3) is 4.73. The quantitative estimate of drug-likeness (QED) is 0.688. The number of carbonyl (C=O) groups is 1. The molecule has 0 saturated heterocycles. The van der Waals surface area contributed by atoms with Crippen molar-refractivity contribution in [2.75, 3.05) is 0 Å². The zero-order chi connectivity index (χ0) is 19.2. The summed E-state index contributed by atoms with van der Waals surface area (Å²) in [5, 5.41) is 6.77. The lowest BCUT2D eigenvalue weighted by molar-refractivity contribution is -0.128. The number of benzene rings is 2. The number of nitrogens with one attached hydrogen (secondary N) is 1. The molecule has 2 aromatic carbocycles. The number of nitrogens with zero attached hydrogens (tertiary/aromatic N) is 2. The van der Waals surface area contributed by atoms with E-state index in [2.05, 4.69) is 15.5 Å². The highest BCUT2D eigenvalue weighted by Crippen LogP contribution is 2.19. The van der Waals surface area contributed by atoms with Crippen LogP contribution in [0.15, 0.2) is 53.1 Å². The first-order chi connectivity index (χ1) is 13.1. The molecule has 0 aliphatic heterocycles. The topological polar surface area (TPSA) is 77.2 Å². The average molecular weight is 365 g/mol. The van der Waals surface area contributed by atoms with Crippen LogP contribution in [0.4, 0.5) is 0 Å². The molecule has 1 heterocycles. The fraction of sp³-hybridized carbons (Fsp3) is 0.286. The Hall–Kier alpha value is -3.15. The van der Waals surface area contributed by atoms with Crippen molar-refractivity contribution in [1.29, 1.82) is 0 Å². The van der Waals surface area contributed by atoms with Crippen LogP contribution in [0.2, 0.25) is 0 Å². The molecule has 0 aliphatic rings. The van der Waals surface area contributed by atoms with Gasteiger partial charge in [-0.3, -0.25) is 4.79 Å². The maximum atomic E-state index is 12.5. The number of hydrogen-bond donors (Lipinski definition) is 1. The van der Waals surface area contributed by atoms with Gasteiger partial charge in [0.05, 0.1) is 6.54 Å². The van der Waals surface area contributed by atoms with Gasteiger partial charge in [-0.15, -0.1) is 0 Å². The van der Waals surface area contributed by atoms with E-state index >= 15 is 0 Å². The number of ether oxygens (including phenoxy) is 1. The third-order valence-electron chi connectivity index (χ3n) is 4.22. The molecule has 140 valence electrons. The average Bonchev–Trinajstić information content (AvgIpc) is 3.15. The van der Waals surface area contributed by atoms with Crippen LogP contribution >= 0.6 is 0 Å². The SMILES string of the molecule is CC[C@H](Oc1ccccc1C)C(=O)NCc1nc(-c2ccc(C)cc2)no1. The van der Waals surface area contributed by atoms with E-state index in [4.69, 9.17) is 9.26 Å². The zero-order valence-electron chi connectivity index (χ0n) is 15.7. The van der Waals surface area contributed by atoms with Crippen LogP contribution in [0.3, 0.4) is 0 Å². The van der Waals surface area contributed by atoms with Crippen molar-refractivity contribution in [3.63, 3.8) is 0 Å². The second-order valence-electron chi connectivity index (χ2n) is 6.38. The molecule has 6 nitrogen and oxygen atoms in total. The van der Waals surface area contributed by atoms with Crippen LogP contribution in [-0.4, -0.2) is 22.2 Å². The number of rotatable bonds is 7. The number of aromatic nitrogens is 2. The van der Waals surface area contributed by atoms with Crippen LogP contribution in [-0.2, 0) is 11.3 Å². The van der Waals surface area contributed by atoms with Gasteiger partial charge < -0.3 is 14.6 Å². The summed E-state index contributed by atoms with van der Waals surface area (Å²) < 4.78 is 11.1. The Kier molecular flexibility index (Phi) is 5.86. The predicted octanol–water partition coefficient (Wildman–Crippen LogP) is 3.83. The van der Waals surface area contributed by atoms with E-state index in [1.807, 2.05) is 69.3 Å². The monoisotopic (exact) mass is 365 g/mol. The number of para-hydroxylation sites is 1. The van der Waals surface area contributed by atoms with E-state index in [1.165, 1.54) is 0 Å². The molecule has 1 atom stereocenters. The van der Waals surface area contributed by atoms with E-state index in [-0.39, 0.29) is 12.5 Å². The molecule has 0 spiro atoms. The normalized spacial score (nSPS) is 11.8. The lowest BCUT2D eigenvalue weighted by Gasteiger charge is -2.18. The molecule has 3 rings (SSSR count). The third-order valence-corrected chi connectivity index (χ3v) is 4.22. The molecule has 1 N–H and O–H groups in total. The molecule has 0 radical (unpaired) electrons. The van der Waals surface area contributed by atoms with Gasteiger partial charge in [0.15, 0.2) is 6.10 Å². The van der Waals surface area contributed by atoms with Gasteiger partial charge in [-0.2, -0.15) is 4.98 Å². The zero-order valence-corrected chi connectivity index (χ0v) is 15.7. The van der Waals surface area contributed by atoms with Crippen molar-refractivity contribution in [1.82, 2.24) is 15.5 Å². The summed E-state index contributed by atoms with van der Waals surface area (Å²) in [4.78, 5) is 16.8. The van der Waals surface area contributed by atoms with Gasteiger partial charge >= 0.3 is 0 Å². The largest absolute Gasteiger partial charge is 0.480 e. The van der Waals surface area contributed by atoms with Gasteiger partial charge in [-0.1, -0.05) is 60.1 Å². The maximum Gasteiger partial charge on any atom is 0.261 e. The van der Waals surface area contributed by atoms with Crippen LogP contribution in [0, 0.1) is 13.8 Å². The molecule has 0 unspecified atom stereocenters. The molecular weight excluding hydrogens is 342 g/mol. The van der Waals surface area contributed by atoms with Crippen molar-refractivity contribution < 1.29 is 14.1 Å². The molecule has 1 aromatic heterocycles. The van der Waals surface area contributed by atoms with Crippen LogP contribution in [0.25, 0.3) is 11.4 Å². The van der Waals surface area contributed by atoms with Gasteiger partial charge in [0.2, 0.25) is 11.7 Å². The lowest BCUT2D eigenvalue weighted by atomic mass is 10.1. The number of amides is 1. The molecule has 0 saturated carbocycles. The molecule has 1 amide bonds. The van der Waals surface area contributed by atoms with Crippen LogP contribution in [0.5, 0.6) is 5.75 Å². The molecular formula is C21H23N3O3. The highest BCUT2D eigenvalue weighted by Gasteiger charge is 2.20. The molecule has 0 aliphatic carbocycles. The second-order valence-corrected chi connectivity index (χ2v) is 6.38. The van der Waals surface area contributed by atoms with Crippen molar-refractivity contribution in [2.24, 2.45) is 0 Å². The van der Waals surface area contributed by atoms with Gasteiger partial charge in [0.1, 0.15) is 5.75 Å². The Morgan fingerprint density at radius 3 is 2.59 bits per heavy atom. The van der Waals surface area contributed by atoms with Gasteiger partial charge in [-0.05, 0) is 31.9 Å². The summed E-state index contributed by atoms with van der Waals surface area (Å²) in [6.45, 7) is 6.03. The van der Waals surface area contributed by atoms with E-state index < -0.39 is 6.10 Å². The van der Waals surface area contributed by atoms with E-state index in [1.54, 1.807) is 0 Å². The Balaban J connectivity index is 1.59. The Bertz CT molecular complexity index is 903. The van der Waals surface area contributed by atoms with Crippen molar-refractivity contribution in [3.05, 3.63) is 65.5 Å². The Labute approximate surface area is 158 Å². The van der Waals surface area contributed by atoms with Crippen LogP contribution in [0.1, 0.15) is 30.4 Å². The van der Waals surface area contributed by atoms with E-state index in [9.17, 15) is 4.79 Å². The summed E-state index contributed by atoms with van der Waals surface area (Å²) >= 11 is 0. The number of aryl methyl sites for hydroxylation is 2. The highest BCUT2D eigenvalue weighted by atomic mass is 16.5. The lowest BCUT2D eigenvalue weighted by Crippen LogP contribution is -2.37. The number of carbonyl (C=O) groups excluding carboxylic acids is 1. The Morgan fingerprint density at radius 1 is 1.15 bits per heavy atom. The van der Waals surface area contributed by atoms with Crippen molar-refractivity contribution in [3.8, 4) is 17.1 Å². The predicted molar refractivity (Wildman–Crippen MR) is 102 cm³/mol. The summed E-state index contributed by atoms with van der Waals surface area (Å²) in [6.07, 6.45) is -0.0240. The van der Waals surface area contributed by atoms with E-state index in [0.717, 1.165) is 16.7 Å². The minimum atomic E-state index is -0.578. The number of hydrogen-bond acceptors (Lipinski definition) is 5. The van der Waals surface area contributed by atoms with Gasteiger partial charge in [0, 0.05) is 5.56 Å². The summed E-state index contributed by atoms with van der Waals surface area (Å²) in [7, 11) is 0. The molecule has 6 heteroatoms. The molecule has 3 aromatic rings. The maximum absolute atomic E-state index is 12.5. The first kappa shape index (κ1) is 18.6. The fourth-order valence-electron chi connectivity index (χ4n) is 2.59. The smallest absolute Gasteiger partial charge is 0.261 e. The fourth-order valence-corrected chi connectivity index (χ4v) is 2.59. The first-order valence-electron chi connectivity index (χ1n) is 8.96.